The molecule has 0 aliphatic carbocycles. The van der Waals surface area contributed by atoms with Gasteiger partial charge in [-0.15, -0.1) is 0 Å². The van der Waals surface area contributed by atoms with Gasteiger partial charge in [0.2, 0.25) is 0 Å². The molecule has 0 unspecified atom stereocenters. The first-order valence-corrected chi connectivity index (χ1v) is 8.94. The van der Waals surface area contributed by atoms with Crippen molar-refractivity contribution in [2.24, 2.45) is 0 Å². The van der Waals surface area contributed by atoms with Gasteiger partial charge in [0.05, 0.1) is 10.6 Å². The van der Waals surface area contributed by atoms with Crippen LogP contribution in [0.4, 0.5) is 29.3 Å². The Hall–Kier alpha value is -2.90. The van der Waals surface area contributed by atoms with E-state index in [4.69, 9.17) is 27.9 Å². The number of nitrogens with one attached hydrogen (secondary N) is 2. The van der Waals surface area contributed by atoms with Crippen LogP contribution < -0.4 is 15.4 Å². The number of hydrogen-bond donors (Lipinski definition) is 2. The van der Waals surface area contributed by atoms with E-state index in [9.17, 15) is 18.0 Å². The second kappa shape index (κ2) is 8.63. The normalized spacial score (nSPS) is 11.1. The lowest BCUT2D eigenvalue weighted by Gasteiger charge is -2.12. The highest BCUT2D eigenvalue weighted by molar-refractivity contribution is 6.31. The Morgan fingerprint density at radius 1 is 0.793 bits per heavy atom. The van der Waals surface area contributed by atoms with Crippen LogP contribution in [0.2, 0.25) is 10.0 Å². The molecule has 0 fully saturated rings. The molecule has 0 atom stereocenters. The summed E-state index contributed by atoms with van der Waals surface area (Å²) in [6, 6.07) is 15.7. The number of anilines is 2. The topological polar surface area (TPSA) is 50.4 Å². The summed E-state index contributed by atoms with van der Waals surface area (Å²) < 4.78 is 44.3. The van der Waals surface area contributed by atoms with Crippen molar-refractivity contribution in [3.63, 3.8) is 0 Å². The van der Waals surface area contributed by atoms with E-state index in [0.717, 1.165) is 12.1 Å². The third kappa shape index (κ3) is 5.79. The lowest BCUT2D eigenvalue weighted by atomic mass is 10.2. The van der Waals surface area contributed by atoms with Gasteiger partial charge in [0, 0.05) is 16.4 Å². The van der Waals surface area contributed by atoms with Crippen LogP contribution in [0.1, 0.15) is 5.56 Å². The molecular weight excluding hydrogens is 428 g/mol. The molecule has 29 heavy (non-hydrogen) atoms. The molecule has 0 aliphatic rings. The highest BCUT2D eigenvalue weighted by Crippen LogP contribution is 2.36. The molecule has 0 spiro atoms. The zero-order valence-electron chi connectivity index (χ0n) is 14.6. The summed E-state index contributed by atoms with van der Waals surface area (Å²) in [5.41, 5.74) is -0.640. The zero-order chi connectivity index (χ0) is 21.0. The van der Waals surface area contributed by atoms with Gasteiger partial charge in [0.15, 0.2) is 0 Å². The van der Waals surface area contributed by atoms with Crippen LogP contribution in [0.15, 0.2) is 66.7 Å². The van der Waals surface area contributed by atoms with Crippen molar-refractivity contribution in [3.05, 3.63) is 82.3 Å². The van der Waals surface area contributed by atoms with E-state index in [0.29, 0.717) is 22.2 Å². The van der Waals surface area contributed by atoms with Crippen molar-refractivity contribution >= 4 is 40.6 Å². The maximum Gasteiger partial charge on any atom is 0.417 e. The number of carbonyl (C=O) groups is 1. The number of alkyl halides is 3. The molecule has 3 aromatic carbocycles. The summed E-state index contributed by atoms with van der Waals surface area (Å²) in [6.07, 6.45) is -4.62. The minimum atomic E-state index is -4.62. The highest BCUT2D eigenvalue weighted by Gasteiger charge is 2.33. The SMILES string of the molecule is O=C(Nc1ccc(Oc2ccc(Cl)cc2)cc1)Nc1ccc(Cl)c(C(F)(F)F)c1. The predicted octanol–water partition coefficient (Wildman–Crippen LogP) is 7.45. The minimum Gasteiger partial charge on any atom is -0.457 e. The van der Waals surface area contributed by atoms with Crippen LogP contribution in [0.5, 0.6) is 11.5 Å². The fourth-order valence-electron chi connectivity index (χ4n) is 2.36. The fourth-order valence-corrected chi connectivity index (χ4v) is 2.71. The van der Waals surface area contributed by atoms with E-state index in [-0.39, 0.29) is 5.69 Å². The standard InChI is InChI=1S/C20H13Cl2F3N2O2/c21-12-1-6-15(7-2-12)29-16-8-3-13(4-9-16)26-19(28)27-14-5-10-18(22)17(11-14)20(23,24)25/h1-11H,(H2,26,27,28). The summed E-state index contributed by atoms with van der Waals surface area (Å²) in [5.74, 6) is 1.13. The van der Waals surface area contributed by atoms with E-state index >= 15 is 0 Å². The lowest BCUT2D eigenvalue weighted by molar-refractivity contribution is -0.137. The van der Waals surface area contributed by atoms with Crippen LogP contribution >= 0.6 is 23.2 Å². The van der Waals surface area contributed by atoms with Crippen molar-refractivity contribution in [1.82, 2.24) is 0 Å². The van der Waals surface area contributed by atoms with Crippen LogP contribution in [0.25, 0.3) is 0 Å². The molecule has 0 heterocycles. The average molecular weight is 441 g/mol. The number of halogens is 5. The largest absolute Gasteiger partial charge is 0.457 e. The van der Waals surface area contributed by atoms with Crippen LogP contribution in [0.3, 0.4) is 0 Å². The Morgan fingerprint density at radius 3 is 1.90 bits per heavy atom. The number of amides is 2. The van der Waals surface area contributed by atoms with E-state index < -0.39 is 22.8 Å². The van der Waals surface area contributed by atoms with Gasteiger partial charge in [-0.25, -0.2) is 4.79 Å². The molecule has 4 nitrogen and oxygen atoms in total. The molecule has 0 aromatic heterocycles. The zero-order valence-corrected chi connectivity index (χ0v) is 16.1. The summed E-state index contributed by atoms with van der Waals surface area (Å²) in [4.78, 5) is 12.1. The summed E-state index contributed by atoms with van der Waals surface area (Å²) in [6.45, 7) is 0. The first-order chi connectivity index (χ1) is 13.7. The highest BCUT2D eigenvalue weighted by atomic mass is 35.5. The molecule has 2 amide bonds. The molecule has 0 bridgehead atoms. The van der Waals surface area contributed by atoms with Crippen molar-refractivity contribution in [2.45, 2.75) is 6.18 Å². The Labute approximate surface area is 174 Å². The van der Waals surface area contributed by atoms with Crippen molar-refractivity contribution in [1.29, 1.82) is 0 Å². The second-order valence-corrected chi connectivity index (χ2v) is 6.70. The van der Waals surface area contributed by atoms with Crippen molar-refractivity contribution < 1.29 is 22.7 Å². The molecule has 3 aromatic rings. The molecule has 2 N–H and O–H groups in total. The maximum absolute atomic E-state index is 12.9. The molecule has 0 aliphatic heterocycles. The molecule has 0 saturated carbocycles. The summed E-state index contributed by atoms with van der Waals surface area (Å²) in [7, 11) is 0. The number of urea groups is 1. The molecule has 9 heteroatoms. The molecular formula is C20H13Cl2F3N2O2. The Bertz CT molecular complexity index is 1010. The maximum atomic E-state index is 12.9. The fraction of sp³-hybridized carbons (Fsp3) is 0.0500. The van der Waals surface area contributed by atoms with E-state index in [2.05, 4.69) is 10.6 Å². The van der Waals surface area contributed by atoms with E-state index in [1.807, 2.05) is 0 Å². The number of hydrogen-bond acceptors (Lipinski definition) is 2. The number of carbonyl (C=O) groups excluding carboxylic acids is 1. The number of rotatable bonds is 4. The van der Waals surface area contributed by atoms with Crippen molar-refractivity contribution in [3.8, 4) is 11.5 Å². The second-order valence-electron chi connectivity index (χ2n) is 5.85. The third-order valence-electron chi connectivity index (χ3n) is 3.69. The van der Waals surface area contributed by atoms with Gasteiger partial charge in [-0.2, -0.15) is 13.2 Å². The predicted molar refractivity (Wildman–Crippen MR) is 107 cm³/mol. The molecule has 150 valence electrons. The van der Waals surface area contributed by atoms with Gasteiger partial charge in [-0.3, -0.25) is 0 Å². The van der Waals surface area contributed by atoms with E-state index in [1.165, 1.54) is 6.07 Å². The van der Waals surface area contributed by atoms with Gasteiger partial charge in [-0.05, 0) is 66.7 Å². The minimum absolute atomic E-state index is 0.0399. The third-order valence-corrected chi connectivity index (χ3v) is 4.27. The number of benzene rings is 3. The first kappa shape index (κ1) is 20.8. The quantitative estimate of drug-likeness (QED) is 0.442. The van der Waals surface area contributed by atoms with Gasteiger partial charge < -0.3 is 15.4 Å². The van der Waals surface area contributed by atoms with E-state index in [1.54, 1.807) is 48.5 Å². The molecule has 3 rings (SSSR count). The van der Waals surface area contributed by atoms with Gasteiger partial charge >= 0.3 is 12.2 Å². The first-order valence-electron chi connectivity index (χ1n) is 8.19. The molecule has 0 saturated heterocycles. The van der Waals surface area contributed by atoms with Crippen LogP contribution in [0, 0.1) is 0 Å². The Balaban J connectivity index is 1.61. The Morgan fingerprint density at radius 2 is 1.31 bits per heavy atom. The monoisotopic (exact) mass is 440 g/mol. The molecule has 0 radical (unpaired) electrons. The van der Waals surface area contributed by atoms with Crippen molar-refractivity contribution in [2.75, 3.05) is 10.6 Å². The smallest absolute Gasteiger partial charge is 0.417 e. The van der Waals surface area contributed by atoms with Gasteiger partial charge in [0.25, 0.3) is 0 Å². The van der Waals surface area contributed by atoms with Crippen LogP contribution in [-0.4, -0.2) is 6.03 Å². The number of ether oxygens (including phenoxy) is 1. The van der Waals surface area contributed by atoms with Gasteiger partial charge in [-0.1, -0.05) is 23.2 Å². The average Bonchev–Trinajstić information content (AvgIpc) is 2.66. The lowest BCUT2D eigenvalue weighted by Crippen LogP contribution is -2.19. The van der Waals surface area contributed by atoms with Crippen LogP contribution in [-0.2, 0) is 6.18 Å². The summed E-state index contributed by atoms with van der Waals surface area (Å²) >= 11 is 11.4. The Kier molecular flexibility index (Phi) is 6.20. The summed E-state index contributed by atoms with van der Waals surface area (Å²) in [5, 5.41) is 5.01. The van der Waals surface area contributed by atoms with Gasteiger partial charge in [0.1, 0.15) is 11.5 Å².